The molecule has 2 rings (SSSR count). The average molecular weight is 251 g/mol. The summed E-state index contributed by atoms with van der Waals surface area (Å²) < 4.78 is 10.6. The smallest absolute Gasteiger partial charge is 0.216 e. The number of ether oxygens (including phenoxy) is 2. The van der Waals surface area contributed by atoms with E-state index in [2.05, 4.69) is 4.98 Å². The van der Waals surface area contributed by atoms with Crippen molar-refractivity contribution in [3.8, 4) is 17.4 Å². The minimum absolute atomic E-state index is 0.475. The van der Waals surface area contributed by atoms with Crippen LogP contribution in [0.5, 0.6) is 17.4 Å². The molecule has 0 unspecified atom stereocenters. The highest BCUT2D eigenvalue weighted by Gasteiger charge is 2.05. The second-order valence-electron chi connectivity index (χ2n) is 3.33. The molecule has 5 heteroatoms. The predicted octanol–water partition coefficient (Wildman–Crippen LogP) is 3.12. The van der Waals surface area contributed by atoms with Crippen LogP contribution < -0.4 is 15.2 Å². The molecule has 88 valence electrons. The number of pyridine rings is 1. The fourth-order valence-electron chi connectivity index (χ4n) is 1.29. The van der Waals surface area contributed by atoms with E-state index in [-0.39, 0.29) is 0 Å². The summed E-state index contributed by atoms with van der Waals surface area (Å²) in [6, 6.07) is 8.43. The number of aromatic nitrogens is 1. The van der Waals surface area contributed by atoms with Crippen molar-refractivity contribution in [1.82, 2.24) is 4.98 Å². The summed E-state index contributed by atoms with van der Waals surface area (Å²) in [6.45, 7) is 0. The van der Waals surface area contributed by atoms with Crippen LogP contribution in [-0.4, -0.2) is 12.1 Å². The van der Waals surface area contributed by atoms with Crippen molar-refractivity contribution in [3.63, 3.8) is 0 Å². The van der Waals surface area contributed by atoms with Gasteiger partial charge >= 0.3 is 0 Å². The van der Waals surface area contributed by atoms with Crippen molar-refractivity contribution in [2.75, 3.05) is 12.8 Å². The van der Waals surface area contributed by atoms with Gasteiger partial charge in [-0.3, -0.25) is 0 Å². The first kappa shape index (κ1) is 11.5. The van der Waals surface area contributed by atoms with E-state index in [9.17, 15) is 0 Å². The summed E-state index contributed by atoms with van der Waals surface area (Å²) in [5, 5.41) is 0.495. The lowest BCUT2D eigenvalue weighted by molar-refractivity contribution is 0.392. The van der Waals surface area contributed by atoms with Gasteiger partial charge in [-0.25, -0.2) is 4.98 Å². The number of anilines is 1. The molecule has 0 aliphatic heterocycles. The van der Waals surface area contributed by atoms with Gasteiger partial charge in [0.1, 0.15) is 11.5 Å². The lowest BCUT2D eigenvalue weighted by atomic mass is 10.3. The highest BCUT2D eigenvalue weighted by molar-refractivity contribution is 6.32. The van der Waals surface area contributed by atoms with Gasteiger partial charge in [0, 0.05) is 24.0 Å². The van der Waals surface area contributed by atoms with Crippen LogP contribution in [0.2, 0.25) is 5.02 Å². The number of benzene rings is 1. The third-order valence-electron chi connectivity index (χ3n) is 2.10. The van der Waals surface area contributed by atoms with Crippen molar-refractivity contribution in [1.29, 1.82) is 0 Å². The molecule has 4 nitrogen and oxygen atoms in total. The second-order valence-corrected chi connectivity index (χ2v) is 3.73. The van der Waals surface area contributed by atoms with E-state index in [1.54, 1.807) is 43.6 Å². The summed E-state index contributed by atoms with van der Waals surface area (Å²) >= 11 is 5.99. The third kappa shape index (κ3) is 2.79. The zero-order valence-electron chi connectivity index (χ0n) is 9.18. The quantitative estimate of drug-likeness (QED) is 0.851. The van der Waals surface area contributed by atoms with Gasteiger partial charge < -0.3 is 15.2 Å². The molecule has 0 fully saturated rings. The molecule has 0 aliphatic carbocycles. The molecule has 0 aliphatic rings. The van der Waals surface area contributed by atoms with Gasteiger partial charge in [-0.05, 0) is 18.2 Å². The first-order valence-corrected chi connectivity index (χ1v) is 5.30. The van der Waals surface area contributed by atoms with Crippen molar-refractivity contribution in [2.45, 2.75) is 0 Å². The lowest BCUT2D eigenvalue weighted by Crippen LogP contribution is -1.91. The molecule has 0 amide bonds. The number of halogens is 1. The van der Waals surface area contributed by atoms with Gasteiger partial charge in [0.25, 0.3) is 0 Å². The van der Waals surface area contributed by atoms with E-state index in [1.807, 2.05) is 0 Å². The summed E-state index contributed by atoms with van der Waals surface area (Å²) in [5.74, 6) is 1.56. The van der Waals surface area contributed by atoms with Crippen molar-refractivity contribution >= 4 is 17.3 Å². The van der Waals surface area contributed by atoms with Crippen LogP contribution in [0.1, 0.15) is 0 Å². The molecular weight excluding hydrogens is 240 g/mol. The minimum Gasteiger partial charge on any atom is -0.481 e. The molecule has 2 aromatic rings. The van der Waals surface area contributed by atoms with Crippen LogP contribution in [0.3, 0.4) is 0 Å². The van der Waals surface area contributed by atoms with Crippen LogP contribution in [0.15, 0.2) is 36.5 Å². The largest absolute Gasteiger partial charge is 0.481 e. The van der Waals surface area contributed by atoms with Gasteiger partial charge in [-0.15, -0.1) is 0 Å². The van der Waals surface area contributed by atoms with Crippen molar-refractivity contribution in [2.24, 2.45) is 0 Å². The standard InChI is InChI=1S/C12H11ClN2O2/c1-16-12-7-9(4-5-15-12)17-11-6-8(14)2-3-10(11)13/h2-7H,14H2,1H3. The number of rotatable bonds is 3. The monoisotopic (exact) mass is 250 g/mol. The predicted molar refractivity (Wildman–Crippen MR) is 66.7 cm³/mol. The van der Waals surface area contributed by atoms with Crippen LogP contribution in [-0.2, 0) is 0 Å². The Balaban J connectivity index is 2.27. The molecule has 2 N–H and O–H groups in total. The Morgan fingerprint density at radius 2 is 2.06 bits per heavy atom. The van der Waals surface area contributed by atoms with Gasteiger partial charge in [0.2, 0.25) is 5.88 Å². The molecular formula is C12H11ClN2O2. The van der Waals surface area contributed by atoms with Crippen LogP contribution in [0.4, 0.5) is 5.69 Å². The van der Waals surface area contributed by atoms with E-state index >= 15 is 0 Å². The highest BCUT2D eigenvalue weighted by atomic mass is 35.5. The number of methoxy groups -OCH3 is 1. The minimum atomic E-state index is 0.475. The molecule has 0 atom stereocenters. The highest BCUT2D eigenvalue weighted by Crippen LogP contribution is 2.31. The molecule has 0 radical (unpaired) electrons. The summed E-state index contributed by atoms with van der Waals surface area (Å²) in [7, 11) is 1.54. The summed E-state index contributed by atoms with van der Waals surface area (Å²) in [4.78, 5) is 3.98. The Labute approximate surface area is 104 Å². The third-order valence-corrected chi connectivity index (χ3v) is 2.41. The fourth-order valence-corrected chi connectivity index (χ4v) is 1.45. The average Bonchev–Trinajstić information content (AvgIpc) is 2.34. The molecule has 17 heavy (non-hydrogen) atoms. The Morgan fingerprint density at radius 1 is 1.24 bits per heavy atom. The molecule has 1 aromatic heterocycles. The first-order chi connectivity index (χ1) is 8.19. The molecule has 0 spiro atoms. The molecule has 0 bridgehead atoms. The van der Waals surface area contributed by atoms with Crippen molar-refractivity contribution in [3.05, 3.63) is 41.6 Å². The second kappa shape index (κ2) is 4.93. The Morgan fingerprint density at radius 3 is 2.82 bits per heavy atom. The molecule has 1 heterocycles. The molecule has 1 aromatic carbocycles. The number of nitrogens with two attached hydrogens (primary N) is 1. The van der Waals surface area contributed by atoms with Crippen LogP contribution in [0.25, 0.3) is 0 Å². The number of hydrogen-bond acceptors (Lipinski definition) is 4. The van der Waals surface area contributed by atoms with Crippen LogP contribution >= 0.6 is 11.6 Å². The maximum atomic E-state index is 5.99. The number of nitrogens with zero attached hydrogens (tertiary/aromatic N) is 1. The summed E-state index contributed by atoms with van der Waals surface area (Å²) in [5.41, 5.74) is 6.25. The number of hydrogen-bond donors (Lipinski definition) is 1. The van der Waals surface area contributed by atoms with E-state index < -0.39 is 0 Å². The van der Waals surface area contributed by atoms with Crippen LogP contribution in [0, 0.1) is 0 Å². The number of nitrogen functional groups attached to an aromatic ring is 1. The van der Waals surface area contributed by atoms with E-state index in [4.69, 9.17) is 26.8 Å². The molecule has 0 saturated carbocycles. The lowest BCUT2D eigenvalue weighted by Gasteiger charge is -2.08. The normalized spacial score (nSPS) is 10.0. The van der Waals surface area contributed by atoms with E-state index in [0.29, 0.717) is 28.1 Å². The van der Waals surface area contributed by atoms with E-state index in [1.165, 1.54) is 0 Å². The van der Waals surface area contributed by atoms with Crippen molar-refractivity contribution < 1.29 is 9.47 Å². The zero-order valence-corrected chi connectivity index (χ0v) is 9.94. The van der Waals surface area contributed by atoms with E-state index in [0.717, 1.165) is 0 Å². The first-order valence-electron chi connectivity index (χ1n) is 4.92. The van der Waals surface area contributed by atoms with Gasteiger partial charge in [0.05, 0.1) is 12.1 Å². The van der Waals surface area contributed by atoms with Gasteiger partial charge in [-0.2, -0.15) is 0 Å². The SMILES string of the molecule is COc1cc(Oc2cc(N)ccc2Cl)ccn1. The molecule has 0 saturated heterocycles. The Kier molecular flexibility index (Phi) is 3.35. The zero-order chi connectivity index (χ0) is 12.3. The topological polar surface area (TPSA) is 57.4 Å². The van der Waals surface area contributed by atoms with Gasteiger partial charge in [-0.1, -0.05) is 11.6 Å². The Bertz CT molecular complexity index is 532. The summed E-state index contributed by atoms with van der Waals surface area (Å²) in [6.07, 6.45) is 1.59. The maximum absolute atomic E-state index is 5.99. The van der Waals surface area contributed by atoms with Gasteiger partial charge in [0.15, 0.2) is 0 Å². The maximum Gasteiger partial charge on any atom is 0.216 e. The Hall–Kier alpha value is -1.94. The fraction of sp³-hybridized carbons (Fsp3) is 0.0833.